The molecule has 0 atom stereocenters. The largest absolute Gasteiger partial charge is 0.438 e. The molecule has 0 saturated carbocycles. The molecule has 1 aromatic carbocycles. The van der Waals surface area contributed by atoms with Crippen LogP contribution in [0.5, 0.6) is 11.6 Å². The van der Waals surface area contributed by atoms with E-state index in [4.69, 9.17) is 4.74 Å². The third-order valence-corrected chi connectivity index (χ3v) is 3.48. The van der Waals surface area contributed by atoms with Crippen molar-refractivity contribution in [2.24, 2.45) is 0 Å². The van der Waals surface area contributed by atoms with E-state index in [9.17, 15) is 4.79 Å². The molecule has 2 rings (SSSR count). The lowest BCUT2D eigenvalue weighted by molar-refractivity contribution is 0.456. The SMILES string of the molecule is CC(C)c1ccc(Oc2nc[nH]c(=O)c2I)cc1. The first-order valence-electron chi connectivity index (χ1n) is 5.59. The van der Waals surface area contributed by atoms with Crippen LogP contribution in [-0.4, -0.2) is 9.97 Å². The second kappa shape index (κ2) is 5.51. The van der Waals surface area contributed by atoms with Crippen LogP contribution in [0, 0.1) is 3.57 Å². The van der Waals surface area contributed by atoms with Gasteiger partial charge in [0.05, 0.1) is 6.33 Å². The van der Waals surface area contributed by atoms with Gasteiger partial charge in [0, 0.05) is 0 Å². The van der Waals surface area contributed by atoms with Gasteiger partial charge in [0.15, 0.2) is 0 Å². The molecule has 0 unspecified atom stereocenters. The van der Waals surface area contributed by atoms with Crippen molar-refractivity contribution in [2.45, 2.75) is 19.8 Å². The highest BCUT2D eigenvalue weighted by Gasteiger charge is 2.07. The Kier molecular flexibility index (Phi) is 4.00. The van der Waals surface area contributed by atoms with Gasteiger partial charge < -0.3 is 9.72 Å². The maximum Gasteiger partial charge on any atom is 0.268 e. The molecule has 4 nitrogen and oxygen atoms in total. The van der Waals surface area contributed by atoms with Crippen LogP contribution in [0.15, 0.2) is 35.4 Å². The van der Waals surface area contributed by atoms with Crippen molar-refractivity contribution in [2.75, 3.05) is 0 Å². The highest BCUT2D eigenvalue weighted by molar-refractivity contribution is 14.1. The molecular formula is C13H13IN2O2. The summed E-state index contributed by atoms with van der Waals surface area (Å²) in [5.41, 5.74) is 1.05. The average molecular weight is 356 g/mol. The van der Waals surface area contributed by atoms with Crippen LogP contribution in [0.2, 0.25) is 0 Å². The van der Waals surface area contributed by atoms with Crippen molar-refractivity contribution >= 4 is 22.6 Å². The molecule has 0 radical (unpaired) electrons. The number of nitrogens with one attached hydrogen (secondary N) is 1. The molecule has 2 aromatic rings. The van der Waals surface area contributed by atoms with Gasteiger partial charge in [-0.1, -0.05) is 26.0 Å². The second-order valence-corrected chi connectivity index (χ2v) is 5.26. The fraction of sp³-hybridized carbons (Fsp3) is 0.231. The van der Waals surface area contributed by atoms with Gasteiger partial charge in [-0.05, 0) is 46.2 Å². The number of aromatic nitrogens is 2. The maximum atomic E-state index is 11.4. The zero-order valence-corrected chi connectivity index (χ0v) is 12.3. The first kappa shape index (κ1) is 13.1. The third kappa shape index (κ3) is 2.90. The highest BCUT2D eigenvalue weighted by Crippen LogP contribution is 2.24. The van der Waals surface area contributed by atoms with Crippen LogP contribution in [0.4, 0.5) is 0 Å². The molecule has 18 heavy (non-hydrogen) atoms. The predicted octanol–water partition coefficient (Wildman–Crippen LogP) is 3.29. The molecule has 1 aromatic heterocycles. The van der Waals surface area contributed by atoms with E-state index in [1.807, 2.05) is 46.9 Å². The van der Waals surface area contributed by atoms with Crippen molar-refractivity contribution in [1.82, 2.24) is 9.97 Å². The standard InChI is InChI=1S/C13H13IN2O2/c1-8(2)9-3-5-10(6-4-9)18-13-11(14)12(17)15-7-16-13/h3-8H,1-2H3,(H,15,16,17). The number of nitrogens with zero attached hydrogens (tertiary/aromatic N) is 1. The molecule has 5 heteroatoms. The van der Waals surface area contributed by atoms with Gasteiger partial charge in [-0.3, -0.25) is 4.79 Å². The fourth-order valence-electron chi connectivity index (χ4n) is 1.47. The molecule has 1 N–H and O–H groups in total. The van der Waals surface area contributed by atoms with E-state index in [2.05, 4.69) is 23.8 Å². The number of rotatable bonds is 3. The summed E-state index contributed by atoms with van der Waals surface area (Å²) in [6.07, 6.45) is 1.34. The minimum Gasteiger partial charge on any atom is -0.438 e. The Morgan fingerprint density at radius 1 is 1.28 bits per heavy atom. The van der Waals surface area contributed by atoms with Crippen molar-refractivity contribution in [3.05, 3.63) is 50.1 Å². The molecule has 0 aliphatic heterocycles. The number of benzene rings is 1. The molecule has 0 aliphatic rings. The van der Waals surface area contributed by atoms with E-state index in [0.717, 1.165) is 0 Å². The molecule has 0 spiro atoms. The summed E-state index contributed by atoms with van der Waals surface area (Å²) >= 11 is 1.92. The highest BCUT2D eigenvalue weighted by atomic mass is 127. The Morgan fingerprint density at radius 2 is 1.94 bits per heavy atom. The Labute approximate surface area is 119 Å². The van der Waals surface area contributed by atoms with E-state index in [1.165, 1.54) is 11.9 Å². The third-order valence-electron chi connectivity index (χ3n) is 2.53. The summed E-state index contributed by atoms with van der Waals surface area (Å²) in [7, 11) is 0. The van der Waals surface area contributed by atoms with Crippen LogP contribution in [0.25, 0.3) is 0 Å². The zero-order valence-electron chi connectivity index (χ0n) is 10.1. The molecular weight excluding hydrogens is 343 g/mol. The van der Waals surface area contributed by atoms with Crippen molar-refractivity contribution in [3.8, 4) is 11.6 Å². The Balaban J connectivity index is 2.24. The molecule has 0 fully saturated rings. The molecule has 0 bridgehead atoms. The average Bonchev–Trinajstić information content (AvgIpc) is 2.36. The van der Waals surface area contributed by atoms with Crippen molar-refractivity contribution in [1.29, 1.82) is 0 Å². The Bertz CT molecular complexity index is 591. The number of aromatic amines is 1. The predicted molar refractivity (Wildman–Crippen MR) is 78.2 cm³/mol. The van der Waals surface area contributed by atoms with E-state index in [0.29, 0.717) is 21.1 Å². The number of hydrogen-bond donors (Lipinski definition) is 1. The molecule has 0 saturated heterocycles. The van der Waals surface area contributed by atoms with Crippen molar-refractivity contribution in [3.63, 3.8) is 0 Å². The maximum absolute atomic E-state index is 11.4. The lowest BCUT2D eigenvalue weighted by Crippen LogP contribution is -2.11. The van der Waals surface area contributed by atoms with Gasteiger partial charge in [0.25, 0.3) is 5.56 Å². The van der Waals surface area contributed by atoms with Crippen LogP contribution in [0.3, 0.4) is 0 Å². The topological polar surface area (TPSA) is 55.0 Å². The first-order valence-corrected chi connectivity index (χ1v) is 6.67. The van der Waals surface area contributed by atoms with Gasteiger partial charge in [0.1, 0.15) is 9.32 Å². The van der Waals surface area contributed by atoms with Gasteiger partial charge in [-0.15, -0.1) is 0 Å². The van der Waals surface area contributed by atoms with Crippen LogP contribution < -0.4 is 10.3 Å². The molecule has 1 heterocycles. The first-order chi connectivity index (χ1) is 8.58. The fourth-order valence-corrected chi connectivity index (χ4v) is 1.88. The Morgan fingerprint density at radius 3 is 2.56 bits per heavy atom. The summed E-state index contributed by atoms with van der Waals surface area (Å²) in [5.74, 6) is 1.49. The minimum absolute atomic E-state index is 0.195. The molecule has 94 valence electrons. The summed E-state index contributed by atoms with van der Waals surface area (Å²) in [4.78, 5) is 17.9. The van der Waals surface area contributed by atoms with E-state index >= 15 is 0 Å². The quantitative estimate of drug-likeness (QED) is 0.859. The number of hydrogen-bond acceptors (Lipinski definition) is 3. The second-order valence-electron chi connectivity index (χ2n) is 4.18. The summed E-state index contributed by atoms with van der Waals surface area (Å²) in [6, 6.07) is 7.79. The Hall–Kier alpha value is -1.37. The number of ether oxygens (including phenoxy) is 1. The number of H-pyrrole nitrogens is 1. The van der Waals surface area contributed by atoms with E-state index in [-0.39, 0.29) is 5.56 Å². The van der Waals surface area contributed by atoms with Crippen LogP contribution >= 0.6 is 22.6 Å². The lowest BCUT2D eigenvalue weighted by atomic mass is 10.0. The molecule has 0 amide bonds. The van der Waals surface area contributed by atoms with Gasteiger partial charge in [0.2, 0.25) is 5.88 Å². The minimum atomic E-state index is -0.195. The van der Waals surface area contributed by atoms with Crippen molar-refractivity contribution < 1.29 is 4.74 Å². The van der Waals surface area contributed by atoms with Crippen LogP contribution in [-0.2, 0) is 0 Å². The monoisotopic (exact) mass is 356 g/mol. The normalized spacial score (nSPS) is 10.7. The van der Waals surface area contributed by atoms with Gasteiger partial charge in [-0.25, -0.2) is 4.98 Å². The smallest absolute Gasteiger partial charge is 0.268 e. The van der Waals surface area contributed by atoms with E-state index < -0.39 is 0 Å². The lowest BCUT2D eigenvalue weighted by Gasteiger charge is -2.08. The zero-order chi connectivity index (χ0) is 13.1. The van der Waals surface area contributed by atoms with Gasteiger partial charge >= 0.3 is 0 Å². The van der Waals surface area contributed by atoms with Gasteiger partial charge in [-0.2, -0.15) is 0 Å². The summed E-state index contributed by atoms with van der Waals surface area (Å²) < 4.78 is 6.03. The summed E-state index contributed by atoms with van der Waals surface area (Å²) in [5, 5.41) is 0. The van der Waals surface area contributed by atoms with E-state index in [1.54, 1.807) is 0 Å². The summed E-state index contributed by atoms with van der Waals surface area (Å²) in [6.45, 7) is 4.27. The molecule has 0 aliphatic carbocycles. The van der Waals surface area contributed by atoms with Crippen LogP contribution in [0.1, 0.15) is 25.3 Å². The number of halogens is 1.